The van der Waals surface area contributed by atoms with E-state index in [-0.39, 0.29) is 49.7 Å². The molecule has 2 aromatic rings. The summed E-state index contributed by atoms with van der Waals surface area (Å²) in [5, 5.41) is 73.4. The van der Waals surface area contributed by atoms with Crippen LogP contribution in [0.2, 0.25) is 0 Å². The van der Waals surface area contributed by atoms with E-state index in [0.717, 1.165) is 0 Å². The predicted molar refractivity (Wildman–Crippen MR) is 173 cm³/mol. The molecule has 7 N–H and O–H groups in total. The van der Waals surface area contributed by atoms with Crippen molar-refractivity contribution in [3.05, 3.63) is 36.1 Å². The zero-order valence-electron chi connectivity index (χ0n) is 26.1. The number of aryl methyl sites for hydroxylation is 1. The third-order valence-electron chi connectivity index (χ3n) is 9.97. The number of hydrogen-bond acceptors (Lipinski definition) is 15. The number of aliphatic hydroxyl groups excluding tert-OH is 4. The molecule has 1 saturated carbocycles. The fourth-order valence-corrected chi connectivity index (χ4v) is 10.1. The molecule has 0 spiro atoms. The highest BCUT2D eigenvalue weighted by Gasteiger charge is 2.76. The Morgan fingerprint density at radius 1 is 1.15 bits per heavy atom. The Labute approximate surface area is 280 Å². The molecule has 9 unspecified atom stereocenters. The summed E-state index contributed by atoms with van der Waals surface area (Å²) in [7, 11) is 2.85. The van der Waals surface area contributed by atoms with Crippen LogP contribution < -0.4 is 14.8 Å². The quantitative estimate of drug-likeness (QED) is 0.127. The van der Waals surface area contributed by atoms with E-state index in [9.17, 15) is 35.4 Å². The number of rotatable bonds is 6. The Bertz CT molecular complexity index is 1460. The van der Waals surface area contributed by atoms with E-state index >= 15 is 0 Å². The minimum atomic E-state index is -2.41. The van der Waals surface area contributed by atoms with Gasteiger partial charge >= 0.3 is 5.97 Å². The van der Waals surface area contributed by atoms with Crippen molar-refractivity contribution < 1.29 is 58.8 Å². The molecule has 3 heterocycles. The first kappa shape index (κ1) is 34.8. The van der Waals surface area contributed by atoms with Gasteiger partial charge in [-0.1, -0.05) is 33.7 Å². The van der Waals surface area contributed by atoms with Crippen LogP contribution in [0.5, 0.6) is 11.5 Å². The molecule has 260 valence electrons. The van der Waals surface area contributed by atoms with Crippen LogP contribution in [0.4, 0.5) is 0 Å². The first-order valence-corrected chi connectivity index (χ1v) is 18.4. The summed E-state index contributed by atoms with van der Waals surface area (Å²) in [6.45, 7) is 2.01. The number of furan rings is 1. The first-order valence-electron chi connectivity index (χ1n) is 16.0. The smallest absolute Gasteiger partial charge is 0.306 e. The van der Waals surface area contributed by atoms with Crippen LogP contribution in [0, 0.1) is 17.8 Å². The van der Waals surface area contributed by atoms with Gasteiger partial charge in [-0.2, -0.15) is 0 Å². The third-order valence-corrected chi connectivity index (χ3v) is 12.4. The van der Waals surface area contributed by atoms with Gasteiger partial charge in [-0.25, -0.2) is 0 Å². The largest absolute Gasteiger partial charge is 0.485 e. The lowest BCUT2D eigenvalue weighted by atomic mass is 9.51. The van der Waals surface area contributed by atoms with E-state index in [1.165, 1.54) is 33.9 Å². The van der Waals surface area contributed by atoms with Gasteiger partial charge in [0.05, 0.1) is 25.6 Å². The molecule has 4 bridgehead atoms. The van der Waals surface area contributed by atoms with Gasteiger partial charge in [0.15, 0.2) is 16.9 Å². The number of allylic oxidation sites excluding steroid dienone is 1. The molecule has 13 nitrogen and oxygen atoms in total. The summed E-state index contributed by atoms with van der Waals surface area (Å²) in [6, 6.07) is 3.51. The second kappa shape index (κ2) is 14.1. The minimum absolute atomic E-state index is 0.00453. The second-order valence-electron chi connectivity index (χ2n) is 12.6. The topological polar surface area (TPSA) is 201 Å². The van der Waals surface area contributed by atoms with Gasteiger partial charge in [0, 0.05) is 54.8 Å². The molecule has 15 heteroatoms. The molecule has 47 heavy (non-hydrogen) atoms. The molecular formula is C32H43NO12S2. The zero-order chi connectivity index (χ0) is 33.4. The van der Waals surface area contributed by atoms with Gasteiger partial charge in [-0.05, 0) is 43.4 Å². The molecule has 9 atom stereocenters. The van der Waals surface area contributed by atoms with Crippen LogP contribution in [0.15, 0.2) is 35.0 Å². The molecule has 4 aliphatic rings. The maximum atomic E-state index is 12.7. The fourth-order valence-electron chi connectivity index (χ4n) is 7.61. The van der Waals surface area contributed by atoms with Crippen molar-refractivity contribution in [1.29, 1.82) is 0 Å². The van der Waals surface area contributed by atoms with Crippen LogP contribution in [0.1, 0.15) is 25.3 Å². The van der Waals surface area contributed by atoms with Gasteiger partial charge in [0.2, 0.25) is 12.0 Å². The highest BCUT2D eigenvalue weighted by atomic mass is 33.1. The molecular weight excluding hydrogens is 654 g/mol. The third kappa shape index (κ3) is 5.96. The van der Waals surface area contributed by atoms with Crippen molar-refractivity contribution in [3.63, 3.8) is 0 Å². The summed E-state index contributed by atoms with van der Waals surface area (Å²) in [4.78, 5) is 12.5. The van der Waals surface area contributed by atoms with Crippen LogP contribution >= 0.6 is 21.6 Å². The normalized spacial score (nSPS) is 37.4. The number of ether oxygens (including phenoxy) is 4. The number of aliphatic hydroxyl groups is 6. The first-order chi connectivity index (χ1) is 22.6. The highest BCUT2D eigenvalue weighted by Crippen LogP contribution is 2.60. The van der Waals surface area contributed by atoms with Gasteiger partial charge in [-0.3, -0.25) is 4.79 Å². The van der Waals surface area contributed by atoms with E-state index in [1.807, 2.05) is 0 Å². The van der Waals surface area contributed by atoms with Crippen molar-refractivity contribution >= 4 is 38.5 Å². The second-order valence-corrected chi connectivity index (χ2v) is 15.2. The van der Waals surface area contributed by atoms with Gasteiger partial charge < -0.3 is 59.3 Å². The number of fused-ring (bicyclic) bond motifs is 11. The lowest BCUT2D eigenvalue weighted by Gasteiger charge is -2.66. The lowest BCUT2D eigenvalue weighted by molar-refractivity contribution is -0.416. The van der Waals surface area contributed by atoms with Gasteiger partial charge in [0.1, 0.15) is 23.9 Å². The Morgan fingerprint density at radius 3 is 2.74 bits per heavy atom. The number of carbonyl (C=O) groups excluding carboxylic acids is 1. The molecule has 2 fully saturated rings. The van der Waals surface area contributed by atoms with Crippen molar-refractivity contribution in [2.75, 3.05) is 51.0 Å². The number of esters is 1. The van der Waals surface area contributed by atoms with E-state index in [1.54, 1.807) is 25.1 Å². The van der Waals surface area contributed by atoms with Crippen LogP contribution in [0.3, 0.4) is 0 Å². The minimum Gasteiger partial charge on any atom is -0.485 e. The Kier molecular flexibility index (Phi) is 10.4. The number of nitrogens with one attached hydrogen (secondary N) is 1. The summed E-state index contributed by atoms with van der Waals surface area (Å²) < 4.78 is 30.4. The molecule has 1 aromatic heterocycles. The molecule has 6 rings (SSSR count). The Balaban J connectivity index is 1.53. The molecule has 1 aromatic carbocycles. The van der Waals surface area contributed by atoms with Crippen molar-refractivity contribution in [1.82, 2.24) is 5.32 Å². The van der Waals surface area contributed by atoms with E-state index in [4.69, 9.17) is 23.4 Å². The number of carbonyl (C=O) groups is 1. The van der Waals surface area contributed by atoms with Gasteiger partial charge in [-0.15, -0.1) is 0 Å². The van der Waals surface area contributed by atoms with E-state index < -0.39 is 72.2 Å². The average Bonchev–Trinajstić information content (AvgIpc) is 3.52. The summed E-state index contributed by atoms with van der Waals surface area (Å²) in [6.07, 6.45) is -0.152. The van der Waals surface area contributed by atoms with Crippen LogP contribution in [-0.4, -0.2) is 123 Å². The van der Waals surface area contributed by atoms with Crippen LogP contribution in [-0.2, 0) is 20.7 Å². The maximum absolute atomic E-state index is 12.7. The van der Waals surface area contributed by atoms with Crippen molar-refractivity contribution in [3.8, 4) is 11.5 Å². The standard InChI is InChI=1S/C32H43NO12S2/c1-2-41-23(37)6-4-18-13-19-7-10-42-25(19)27-26(18)44-29-32(40)24-20(3-5-22(36)21(24)15-34)14-31(39,28(32)38)30(16-35,45-29)17-47-46-12-9-33-8-11-43-27/h3,5,7,10,13,20-22,24,28-29,33-36,38-40H,2,4,6,8-9,11-12,14-17H2,1H3. The average molecular weight is 698 g/mol. The maximum Gasteiger partial charge on any atom is 0.306 e. The monoisotopic (exact) mass is 697 g/mol. The van der Waals surface area contributed by atoms with Gasteiger partial charge in [0.25, 0.3) is 0 Å². The molecule has 0 amide bonds. The summed E-state index contributed by atoms with van der Waals surface area (Å²) in [5.41, 5.74) is -5.53. The highest BCUT2D eigenvalue weighted by molar-refractivity contribution is 8.76. The predicted octanol–water partition coefficient (Wildman–Crippen LogP) is 0.756. The summed E-state index contributed by atoms with van der Waals surface area (Å²) >= 11 is 0. The summed E-state index contributed by atoms with van der Waals surface area (Å²) in [5.74, 6) is -2.07. The van der Waals surface area contributed by atoms with Crippen molar-refractivity contribution in [2.24, 2.45) is 17.8 Å². The van der Waals surface area contributed by atoms with E-state index in [0.29, 0.717) is 35.4 Å². The van der Waals surface area contributed by atoms with Crippen LogP contribution in [0.25, 0.3) is 11.0 Å². The molecule has 0 radical (unpaired) electrons. The Morgan fingerprint density at radius 2 is 1.98 bits per heavy atom. The SMILES string of the molecule is CCOC(=O)CCc1cc2ccoc2c2c1OC1OC(CO)(CSSCCNCCO2)C2(O)CC3C=CC(O)C(CO)C3C1(O)C2O. The fraction of sp³-hybridized carbons (Fsp3) is 0.656. The molecule has 2 aliphatic carbocycles. The number of hydrogen-bond donors (Lipinski definition) is 7. The van der Waals surface area contributed by atoms with Crippen molar-refractivity contribution in [2.45, 2.75) is 61.5 Å². The zero-order valence-corrected chi connectivity index (χ0v) is 27.7. The lowest BCUT2D eigenvalue weighted by Crippen LogP contribution is -2.85. The number of benzene rings is 1. The molecule has 2 aliphatic heterocycles. The van der Waals surface area contributed by atoms with E-state index in [2.05, 4.69) is 5.32 Å². The Hall–Kier alpha value is -2.05. The molecule has 1 saturated heterocycles.